The summed E-state index contributed by atoms with van der Waals surface area (Å²) in [5.74, 6) is 0.249. The van der Waals surface area contributed by atoms with E-state index in [-0.39, 0.29) is 16.7 Å². The highest BCUT2D eigenvalue weighted by Crippen LogP contribution is 2.77. The first-order valence-corrected chi connectivity index (χ1v) is 8.05. The van der Waals surface area contributed by atoms with E-state index >= 15 is 0 Å². The fraction of sp³-hybridized carbons (Fsp3) is 0.381. The Morgan fingerprint density at radius 1 is 0.864 bits per heavy atom. The van der Waals surface area contributed by atoms with Gasteiger partial charge in [-0.3, -0.25) is 0 Å². The summed E-state index contributed by atoms with van der Waals surface area (Å²) in [5, 5.41) is 0. The molecule has 1 heteroatoms. The van der Waals surface area contributed by atoms with E-state index in [1.165, 1.54) is 28.5 Å². The van der Waals surface area contributed by atoms with Crippen molar-refractivity contribution < 1.29 is 4.79 Å². The van der Waals surface area contributed by atoms with Crippen molar-refractivity contribution in [2.24, 2.45) is 10.8 Å². The molecule has 22 heavy (non-hydrogen) atoms. The third-order valence-corrected chi connectivity index (χ3v) is 6.94. The van der Waals surface area contributed by atoms with Gasteiger partial charge in [0, 0.05) is 5.92 Å². The lowest BCUT2D eigenvalue weighted by Gasteiger charge is -2.72. The molecule has 0 heterocycles. The van der Waals surface area contributed by atoms with Crippen LogP contribution in [0.1, 0.15) is 44.7 Å². The minimum Gasteiger partial charge on any atom is -0.302 e. The lowest BCUT2D eigenvalue weighted by Crippen LogP contribution is -2.70. The van der Waals surface area contributed by atoms with Crippen molar-refractivity contribution >= 4 is 6.29 Å². The molecule has 0 bridgehead atoms. The van der Waals surface area contributed by atoms with Crippen LogP contribution in [0.2, 0.25) is 0 Å². The summed E-state index contributed by atoms with van der Waals surface area (Å²) in [6, 6.07) is 17.1. The fourth-order valence-corrected chi connectivity index (χ4v) is 5.22. The molecule has 0 radical (unpaired) electrons. The lowest BCUT2D eigenvalue weighted by molar-refractivity contribution is -0.163. The van der Waals surface area contributed by atoms with E-state index < -0.39 is 5.41 Å². The first kappa shape index (κ1) is 13.8. The Kier molecular flexibility index (Phi) is 2.44. The molecule has 2 aromatic rings. The van der Waals surface area contributed by atoms with Crippen molar-refractivity contribution in [2.75, 3.05) is 0 Å². The summed E-state index contributed by atoms with van der Waals surface area (Å²) >= 11 is 0. The van der Waals surface area contributed by atoms with Crippen molar-refractivity contribution in [1.82, 2.24) is 0 Å². The molecule has 0 N–H and O–H groups in total. The molecule has 2 aliphatic carbocycles. The molecule has 0 aliphatic heterocycles. The molecule has 2 aliphatic rings. The van der Waals surface area contributed by atoms with Crippen molar-refractivity contribution in [3.05, 3.63) is 59.7 Å². The third-order valence-electron chi connectivity index (χ3n) is 6.94. The van der Waals surface area contributed by atoms with Crippen LogP contribution in [0.25, 0.3) is 11.1 Å². The van der Waals surface area contributed by atoms with Crippen LogP contribution in [0.15, 0.2) is 48.5 Å². The molecule has 0 unspecified atom stereocenters. The van der Waals surface area contributed by atoms with E-state index in [0.29, 0.717) is 0 Å². The van der Waals surface area contributed by atoms with Crippen LogP contribution in [0.3, 0.4) is 0 Å². The second-order valence-corrected chi connectivity index (χ2v) is 7.90. The zero-order chi connectivity index (χ0) is 15.8. The number of aldehydes is 1. The van der Waals surface area contributed by atoms with Gasteiger partial charge in [-0.25, -0.2) is 0 Å². The Morgan fingerprint density at radius 2 is 1.45 bits per heavy atom. The molecule has 2 atom stereocenters. The summed E-state index contributed by atoms with van der Waals surface area (Å²) in [7, 11) is 0. The number of hydrogen-bond donors (Lipinski definition) is 0. The highest BCUT2D eigenvalue weighted by molar-refractivity contribution is 5.88. The summed E-state index contributed by atoms with van der Waals surface area (Å²) < 4.78 is 0. The number of benzene rings is 2. The van der Waals surface area contributed by atoms with Gasteiger partial charge in [-0.1, -0.05) is 76.2 Å². The lowest BCUT2D eigenvalue weighted by atomic mass is 9.29. The zero-order valence-electron chi connectivity index (χ0n) is 13.7. The van der Waals surface area contributed by atoms with Gasteiger partial charge in [-0.2, -0.15) is 0 Å². The predicted molar refractivity (Wildman–Crippen MR) is 89.9 cm³/mol. The summed E-state index contributed by atoms with van der Waals surface area (Å²) in [6.07, 6.45) is 1.23. The van der Waals surface area contributed by atoms with Crippen LogP contribution in [0.5, 0.6) is 0 Å². The summed E-state index contributed by atoms with van der Waals surface area (Å²) in [6.45, 7) is 9.12. The highest BCUT2D eigenvalue weighted by Gasteiger charge is 2.74. The second-order valence-electron chi connectivity index (χ2n) is 7.90. The number of carbonyl (C=O) groups excluding carboxylic acids is 1. The molecule has 0 spiro atoms. The van der Waals surface area contributed by atoms with Crippen molar-refractivity contribution in [1.29, 1.82) is 0 Å². The van der Waals surface area contributed by atoms with E-state index in [0.717, 1.165) is 0 Å². The summed E-state index contributed by atoms with van der Waals surface area (Å²) in [5.41, 5.74) is 4.65. The van der Waals surface area contributed by atoms with Crippen LogP contribution < -0.4 is 0 Å². The monoisotopic (exact) mass is 290 g/mol. The standard InChI is InChI=1S/C21H22O/c1-19(2)18-16-11-6-5-9-14(16)15-10-7-8-12-17(15)21(18,13-22)20(19,3)4/h5-13,18H,1-4H3/t18-,21-/m1/s1. The molecule has 0 saturated heterocycles. The molecular formula is C21H22O. The van der Waals surface area contributed by atoms with E-state index in [1.54, 1.807) is 0 Å². The van der Waals surface area contributed by atoms with Crippen molar-refractivity contribution in [2.45, 2.75) is 39.0 Å². The van der Waals surface area contributed by atoms with Gasteiger partial charge in [-0.05, 0) is 33.1 Å². The van der Waals surface area contributed by atoms with Crippen LogP contribution in [-0.4, -0.2) is 6.29 Å². The molecule has 1 saturated carbocycles. The van der Waals surface area contributed by atoms with Gasteiger partial charge in [0.2, 0.25) is 0 Å². The maximum atomic E-state index is 12.4. The Bertz CT molecular complexity index is 784. The van der Waals surface area contributed by atoms with Crippen LogP contribution >= 0.6 is 0 Å². The third kappa shape index (κ3) is 1.18. The average molecular weight is 290 g/mol. The second kappa shape index (κ2) is 3.90. The normalized spacial score (nSPS) is 29.5. The molecule has 1 fully saturated rings. The minimum absolute atomic E-state index is 0.0734. The van der Waals surface area contributed by atoms with E-state index in [4.69, 9.17) is 0 Å². The molecule has 2 aromatic carbocycles. The van der Waals surface area contributed by atoms with E-state index in [9.17, 15) is 4.79 Å². The van der Waals surface area contributed by atoms with Gasteiger partial charge < -0.3 is 4.79 Å². The zero-order valence-corrected chi connectivity index (χ0v) is 13.7. The topological polar surface area (TPSA) is 17.1 Å². The smallest absolute Gasteiger partial charge is 0.131 e. The minimum atomic E-state index is -0.415. The van der Waals surface area contributed by atoms with E-state index in [2.05, 4.69) is 76.2 Å². The molecule has 4 rings (SSSR count). The van der Waals surface area contributed by atoms with Crippen LogP contribution in [0, 0.1) is 10.8 Å². The number of hydrogen-bond acceptors (Lipinski definition) is 1. The highest BCUT2D eigenvalue weighted by atomic mass is 16.1. The van der Waals surface area contributed by atoms with Crippen LogP contribution in [-0.2, 0) is 10.2 Å². The first-order valence-electron chi connectivity index (χ1n) is 8.05. The molecule has 0 amide bonds. The number of carbonyl (C=O) groups is 1. The van der Waals surface area contributed by atoms with Gasteiger partial charge in [0.25, 0.3) is 0 Å². The Labute approximate surface area is 132 Å². The molecule has 1 nitrogen and oxygen atoms in total. The SMILES string of the molecule is CC1(C)[C@H]2c3ccccc3-c3ccccc3[C@@]2(C=O)C1(C)C. The van der Waals surface area contributed by atoms with Gasteiger partial charge >= 0.3 is 0 Å². The maximum absolute atomic E-state index is 12.4. The fourth-order valence-electron chi connectivity index (χ4n) is 5.22. The Morgan fingerprint density at radius 3 is 2.14 bits per heavy atom. The first-order chi connectivity index (χ1) is 10.4. The maximum Gasteiger partial charge on any atom is 0.131 e. The quantitative estimate of drug-likeness (QED) is 0.679. The number of rotatable bonds is 1. The van der Waals surface area contributed by atoms with Gasteiger partial charge in [0.05, 0.1) is 5.41 Å². The van der Waals surface area contributed by atoms with E-state index in [1.807, 2.05) is 0 Å². The van der Waals surface area contributed by atoms with Crippen LogP contribution in [0.4, 0.5) is 0 Å². The molecular weight excluding hydrogens is 268 g/mol. The predicted octanol–water partition coefficient (Wildman–Crippen LogP) is 4.95. The average Bonchev–Trinajstić information content (AvgIpc) is 2.52. The van der Waals surface area contributed by atoms with Gasteiger partial charge in [0.1, 0.15) is 6.29 Å². The number of fused-ring (bicyclic) bond motifs is 6. The summed E-state index contributed by atoms with van der Waals surface area (Å²) in [4.78, 5) is 12.4. The Hall–Kier alpha value is -1.89. The molecule has 0 aromatic heterocycles. The van der Waals surface area contributed by atoms with Crippen molar-refractivity contribution in [3.8, 4) is 11.1 Å². The van der Waals surface area contributed by atoms with Crippen molar-refractivity contribution in [3.63, 3.8) is 0 Å². The van der Waals surface area contributed by atoms with Gasteiger partial charge in [0.15, 0.2) is 0 Å². The van der Waals surface area contributed by atoms with Gasteiger partial charge in [-0.15, -0.1) is 0 Å². The molecule has 112 valence electrons. The largest absolute Gasteiger partial charge is 0.302 e. The Balaban J connectivity index is 2.14.